The van der Waals surface area contributed by atoms with Gasteiger partial charge in [-0.2, -0.15) is 0 Å². The zero-order valence-electron chi connectivity index (χ0n) is 11.8. The van der Waals surface area contributed by atoms with E-state index in [1.165, 1.54) is 6.42 Å². The minimum Gasteiger partial charge on any atom is -0.355 e. The number of amides is 2. The van der Waals surface area contributed by atoms with Gasteiger partial charge in [0.25, 0.3) is 0 Å². The molecule has 1 atom stereocenters. The topological polar surface area (TPSA) is 61.4 Å². The van der Waals surface area contributed by atoms with Gasteiger partial charge in [0.1, 0.15) is 0 Å². The zero-order valence-corrected chi connectivity index (χ0v) is 11.8. The average Bonchev–Trinajstić information content (AvgIpc) is 2.46. The minimum atomic E-state index is 0.00607. The van der Waals surface area contributed by atoms with E-state index in [0.717, 1.165) is 38.4 Å². The van der Waals surface area contributed by atoms with Gasteiger partial charge in [0.2, 0.25) is 11.8 Å². The number of carbonyl (C=O) groups is 2. The van der Waals surface area contributed by atoms with E-state index >= 15 is 0 Å². The van der Waals surface area contributed by atoms with Crippen molar-refractivity contribution < 1.29 is 9.59 Å². The van der Waals surface area contributed by atoms with E-state index in [4.69, 9.17) is 0 Å². The van der Waals surface area contributed by atoms with E-state index in [-0.39, 0.29) is 17.7 Å². The molecule has 2 saturated heterocycles. The Balaban J connectivity index is 1.74. The first-order valence-electron chi connectivity index (χ1n) is 7.40. The molecule has 2 amide bonds. The van der Waals surface area contributed by atoms with Gasteiger partial charge < -0.3 is 15.5 Å². The van der Waals surface area contributed by atoms with Gasteiger partial charge in [0, 0.05) is 26.1 Å². The van der Waals surface area contributed by atoms with Crippen LogP contribution in [0.5, 0.6) is 0 Å². The van der Waals surface area contributed by atoms with Crippen molar-refractivity contribution in [3.8, 4) is 0 Å². The lowest BCUT2D eigenvalue weighted by Gasteiger charge is -2.35. The van der Waals surface area contributed by atoms with Crippen LogP contribution in [-0.4, -0.2) is 49.9 Å². The molecule has 2 aliphatic heterocycles. The Morgan fingerprint density at radius 2 is 2.11 bits per heavy atom. The summed E-state index contributed by atoms with van der Waals surface area (Å²) in [6.45, 7) is 3.36. The van der Waals surface area contributed by atoms with Crippen LogP contribution in [-0.2, 0) is 9.59 Å². The van der Waals surface area contributed by atoms with Gasteiger partial charge in [-0.15, -0.1) is 0 Å². The monoisotopic (exact) mass is 267 g/mol. The van der Waals surface area contributed by atoms with Crippen LogP contribution in [0, 0.1) is 11.8 Å². The molecule has 0 spiro atoms. The average molecular weight is 267 g/mol. The molecular weight excluding hydrogens is 242 g/mol. The smallest absolute Gasteiger partial charge is 0.227 e. The Morgan fingerprint density at radius 1 is 1.37 bits per heavy atom. The van der Waals surface area contributed by atoms with Gasteiger partial charge in [0.05, 0.1) is 5.92 Å². The molecule has 2 rings (SSSR count). The number of hydrogen-bond donors (Lipinski definition) is 2. The highest BCUT2D eigenvalue weighted by molar-refractivity contribution is 5.83. The third-order valence-electron chi connectivity index (χ3n) is 4.34. The van der Waals surface area contributed by atoms with Crippen LogP contribution in [0.15, 0.2) is 0 Å². The van der Waals surface area contributed by atoms with Gasteiger partial charge in [-0.1, -0.05) is 0 Å². The van der Waals surface area contributed by atoms with Crippen LogP contribution in [0.3, 0.4) is 0 Å². The van der Waals surface area contributed by atoms with Crippen molar-refractivity contribution in [3.63, 3.8) is 0 Å². The minimum absolute atomic E-state index is 0.00607. The molecule has 2 heterocycles. The lowest BCUT2D eigenvalue weighted by atomic mass is 9.91. The molecule has 2 aliphatic rings. The normalized spacial score (nSPS) is 25.2. The molecule has 0 radical (unpaired) electrons. The molecule has 108 valence electrons. The molecule has 0 aromatic carbocycles. The number of nitrogens with zero attached hydrogens (tertiary/aromatic N) is 1. The summed E-state index contributed by atoms with van der Waals surface area (Å²) in [6, 6.07) is 0. The lowest BCUT2D eigenvalue weighted by Crippen LogP contribution is -2.47. The highest BCUT2D eigenvalue weighted by atomic mass is 16.2. The first kappa shape index (κ1) is 14.3. The summed E-state index contributed by atoms with van der Waals surface area (Å²) in [6.07, 6.45) is 4.65. The molecule has 2 fully saturated rings. The maximum atomic E-state index is 12.3. The second-order valence-corrected chi connectivity index (χ2v) is 5.70. The van der Waals surface area contributed by atoms with Crippen molar-refractivity contribution in [2.24, 2.45) is 11.8 Å². The molecule has 1 unspecified atom stereocenters. The Labute approximate surface area is 115 Å². The van der Waals surface area contributed by atoms with Crippen LogP contribution >= 0.6 is 0 Å². The summed E-state index contributed by atoms with van der Waals surface area (Å²) in [5.41, 5.74) is 0. The van der Waals surface area contributed by atoms with E-state index in [9.17, 15) is 9.59 Å². The molecule has 0 bridgehead atoms. The van der Waals surface area contributed by atoms with Gasteiger partial charge in [-0.05, 0) is 45.2 Å². The number of likely N-dealkylation sites (tertiary alicyclic amines) is 1. The van der Waals surface area contributed by atoms with Gasteiger partial charge >= 0.3 is 0 Å². The van der Waals surface area contributed by atoms with Crippen LogP contribution in [0.2, 0.25) is 0 Å². The molecule has 0 saturated carbocycles. The van der Waals surface area contributed by atoms with Crippen molar-refractivity contribution in [3.05, 3.63) is 0 Å². The Hall–Kier alpha value is -1.10. The quantitative estimate of drug-likeness (QED) is 0.773. The third-order valence-corrected chi connectivity index (χ3v) is 4.34. The predicted octanol–water partition coefficient (Wildman–Crippen LogP) is 0.361. The highest BCUT2D eigenvalue weighted by Crippen LogP contribution is 2.23. The van der Waals surface area contributed by atoms with Crippen molar-refractivity contribution in [1.82, 2.24) is 15.5 Å². The van der Waals surface area contributed by atoms with E-state index in [0.29, 0.717) is 19.4 Å². The summed E-state index contributed by atoms with van der Waals surface area (Å²) < 4.78 is 0. The summed E-state index contributed by atoms with van der Waals surface area (Å²) in [4.78, 5) is 25.4. The van der Waals surface area contributed by atoms with Gasteiger partial charge in [0.15, 0.2) is 0 Å². The van der Waals surface area contributed by atoms with Crippen LogP contribution < -0.4 is 10.6 Å². The maximum absolute atomic E-state index is 12.3. The SMILES string of the molecule is CNCCC1CCN(C(=O)C2CCC(=O)NC2)CC1. The second-order valence-electron chi connectivity index (χ2n) is 5.70. The Bertz CT molecular complexity index is 315. The van der Waals surface area contributed by atoms with Crippen molar-refractivity contribution in [2.45, 2.75) is 32.1 Å². The van der Waals surface area contributed by atoms with E-state index in [1.807, 2.05) is 11.9 Å². The molecule has 0 aromatic rings. The highest BCUT2D eigenvalue weighted by Gasteiger charge is 2.30. The molecule has 5 heteroatoms. The van der Waals surface area contributed by atoms with Crippen LogP contribution in [0.25, 0.3) is 0 Å². The summed E-state index contributed by atoms with van der Waals surface area (Å²) in [5, 5.41) is 5.98. The van der Waals surface area contributed by atoms with Crippen molar-refractivity contribution in [2.75, 3.05) is 33.2 Å². The standard InChI is InChI=1S/C14H25N3O2/c1-15-7-4-11-5-8-17(9-6-11)14(19)12-2-3-13(18)16-10-12/h11-12,15H,2-10H2,1H3,(H,16,18). The fourth-order valence-electron chi connectivity index (χ4n) is 2.99. The molecular formula is C14H25N3O2. The molecule has 19 heavy (non-hydrogen) atoms. The molecule has 0 aromatic heterocycles. The molecule has 2 N–H and O–H groups in total. The fraction of sp³-hybridized carbons (Fsp3) is 0.857. The van der Waals surface area contributed by atoms with Crippen LogP contribution in [0.1, 0.15) is 32.1 Å². The van der Waals surface area contributed by atoms with E-state index < -0.39 is 0 Å². The third kappa shape index (κ3) is 3.93. The van der Waals surface area contributed by atoms with Crippen molar-refractivity contribution in [1.29, 1.82) is 0 Å². The zero-order chi connectivity index (χ0) is 13.7. The molecule has 0 aliphatic carbocycles. The van der Waals surface area contributed by atoms with Gasteiger partial charge in [-0.3, -0.25) is 9.59 Å². The number of nitrogens with one attached hydrogen (secondary N) is 2. The Morgan fingerprint density at radius 3 is 2.68 bits per heavy atom. The lowest BCUT2D eigenvalue weighted by molar-refractivity contribution is -0.138. The van der Waals surface area contributed by atoms with Crippen molar-refractivity contribution >= 4 is 11.8 Å². The predicted molar refractivity (Wildman–Crippen MR) is 73.6 cm³/mol. The summed E-state index contributed by atoms with van der Waals surface area (Å²) in [7, 11) is 1.98. The first-order valence-corrected chi connectivity index (χ1v) is 7.40. The summed E-state index contributed by atoms with van der Waals surface area (Å²) >= 11 is 0. The second kappa shape index (κ2) is 6.89. The first-order chi connectivity index (χ1) is 9.20. The largest absolute Gasteiger partial charge is 0.355 e. The maximum Gasteiger partial charge on any atom is 0.227 e. The molecule has 5 nitrogen and oxygen atoms in total. The number of piperidine rings is 2. The number of rotatable bonds is 4. The summed E-state index contributed by atoms with van der Waals surface area (Å²) in [5.74, 6) is 1.08. The van der Waals surface area contributed by atoms with Gasteiger partial charge in [-0.25, -0.2) is 0 Å². The van der Waals surface area contributed by atoms with Crippen LogP contribution in [0.4, 0.5) is 0 Å². The fourth-order valence-corrected chi connectivity index (χ4v) is 2.99. The number of hydrogen-bond acceptors (Lipinski definition) is 3. The van der Waals surface area contributed by atoms with E-state index in [2.05, 4.69) is 10.6 Å². The Kier molecular flexibility index (Phi) is 5.19. The number of carbonyl (C=O) groups excluding carboxylic acids is 2. The van der Waals surface area contributed by atoms with E-state index in [1.54, 1.807) is 0 Å².